The van der Waals surface area contributed by atoms with Gasteiger partial charge in [0, 0.05) is 0 Å². The van der Waals surface area contributed by atoms with Gasteiger partial charge in [0.2, 0.25) is 4.77 Å². The lowest BCUT2D eigenvalue weighted by molar-refractivity contribution is 0.390. The van der Waals surface area contributed by atoms with Crippen molar-refractivity contribution in [3.63, 3.8) is 0 Å². The Hall–Kier alpha value is -3.31. The van der Waals surface area contributed by atoms with Crippen LogP contribution in [-0.4, -0.2) is 36.6 Å². The maximum absolute atomic E-state index is 12.8. The molecule has 0 radical (unpaired) electrons. The largest absolute Gasteiger partial charge is 0.493 e. The van der Waals surface area contributed by atoms with Crippen LogP contribution in [0.5, 0.6) is 11.5 Å². The summed E-state index contributed by atoms with van der Waals surface area (Å²) >= 11 is 5.03. The Kier molecular flexibility index (Phi) is 6.37. The van der Waals surface area contributed by atoms with E-state index in [0.717, 1.165) is 10.2 Å². The van der Waals surface area contributed by atoms with Crippen LogP contribution >= 0.6 is 12.2 Å². The van der Waals surface area contributed by atoms with Gasteiger partial charge in [-0.25, -0.2) is 0 Å². The molecule has 0 saturated heterocycles. The number of aryl methyl sites for hydroxylation is 3. The summed E-state index contributed by atoms with van der Waals surface area (Å²) in [4.78, 5) is 12.2. The van der Waals surface area contributed by atoms with Gasteiger partial charge in [0.15, 0.2) is 11.5 Å². The molecule has 1 heterocycles. The molecule has 162 valence electrons. The number of aromatic amines is 1. The number of benzene rings is 2. The molecule has 31 heavy (non-hydrogen) atoms. The number of hydrogen-bond donors (Lipinski definition) is 1. The zero-order chi connectivity index (χ0) is 22.8. The number of nitrogens with zero attached hydrogens (tertiary/aromatic N) is 3. The van der Waals surface area contributed by atoms with E-state index >= 15 is 0 Å². The Labute approximate surface area is 184 Å². The van der Waals surface area contributed by atoms with E-state index in [1.54, 1.807) is 32.0 Å². The maximum atomic E-state index is 12.8. The fraction of sp³-hybridized carbons (Fsp3) is 0.200. The Balaban J connectivity index is 1.94. The van der Waals surface area contributed by atoms with Gasteiger partial charge in [-0.3, -0.25) is 9.89 Å². The molecule has 1 N–H and O–H groups in total. The zero-order valence-electron chi connectivity index (χ0n) is 17.2. The van der Waals surface area contributed by atoms with E-state index in [4.69, 9.17) is 21.1 Å². The van der Waals surface area contributed by atoms with Gasteiger partial charge in [0.05, 0.1) is 13.3 Å². The van der Waals surface area contributed by atoms with Crippen LogP contribution in [0.1, 0.15) is 22.4 Å². The van der Waals surface area contributed by atoms with E-state index < -0.39 is 15.7 Å². The monoisotopic (exact) mass is 460 g/mol. The molecule has 0 amide bonds. The summed E-state index contributed by atoms with van der Waals surface area (Å²) in [5, 5.41) is 10.4. The normalized spacial score (nSPS) is 11.6. The number of nitrogens with one attached hydrogen (secondary N) is 1. The second-order valence-corrected chi connectivity index (χ2v) is 8.59. The number of H-pyrrole nitrogens is 1. The molecular formula is C20H20N4O5S2. The number of ether oxygens (including phenoxy) is 1. The Morgan fingerprint density at radius 1 is 1.13 bits per heavy atom. The van der Waals surface area contributed by atoms with Crippen LogP contribution in [0.4, 0.5) is 0 Å². The third-order valence-corrected chi connectivity index (χ3v) is 5.98. The van der Waals surface area contributed by atoms with Gasteiger partial charge in [-0.15, -0.1) is 0 Å². The van der Waals surface area contributed by atoms with E-state index in [1.807, 2.05) is 6.07 Å². The van der Waals surface area contributed by atoms with Crippen molar-refractivity contribution >= 4 is 28.6 Å². The molecule has 0 atom stereocenters. The molecule has 2 aromatic carbocycles. The fourth-order valence-electron chi connectivity index (χ4n) is 2.67. The highest BCUT2D eigenvalue weighted by Gasteiger charge is 2.21. The second kappa shape index (κ2) is 8.82. The van der Waals surface area contributed by atoms with Gasteiger partial charge < -0.3 is 8.92 Å². The van der Waals surface area contributed by atoms with E-state index in [2.05, 4.69) is 15.3 Å². The van der Waals surface area contributed by atoms with Gasteiger partial charge in [0.1, 0.15) is 10.6 Å². The lowest BCUT2D eigenvalue weighted by Gasteiger charge is -2.13. The van der Waals surface area contributed by atoms with Crippen LogP contribution < -0.4 is 14.5 Å². The molecule has 0 unspecified atom stereocenters. The van der Waals surface area contributed by atoms with Crippen LogP contribution in [0, 0.1) is 25.5 Å². The minimum absolute atomic E-state index is 0.0229. The van der Waals surface area contributed by atoms with Gasteiger partial charge in [-0.05, 0) is 73.9 Å². The number of aromatic nitrogens is 3. The van der Waals surface area contributed by atoms with Gasteiger partial charge in [-0.2, -0.15) is 23.3 Å². The first-order chi connectivity index (χ1) is 14.6. The quantitative estimate of drug-likeness (QED) is 0.342. The number of methoxy groups -OCH3 is 1. The summed E-state index contributed by atoms with van der Waals surface area (Å²) in [5.41, 5.74) is 1.66. The fourth-order valence-corrected chi connectivity index (χ4v) is 4.11. The van der Waals surface area contributed by atoms with E-state index in [-0.39, 0.29) is 26.9 Å². The molecule has 0 bridgehead atoms. The Bertz CT molecular complexity index is 1390. The SMILES string of the molecule is COc1cc(C=Nn2c(=S)[nH]nc(C)c2=O)ccc1OS(=O)(=O)c1cc(C)ccc1C. The van der Waals surface area contributed by atoms with Gasteiger partial charge in [-0.1, -0.05) is 12.1 Å². The third kappa shape index (κ3) is 4.89. The Morgan fingerprint density at radius 3 is 2.58 bits per heavy atom. The van der Waals surface area contributed by atoms with Crippen molar-refractivity contribution < 1.29 is 17.3 Å². The van der Waals surface area contributed by atoms with Crippen molar-refractivity contribution in [1.82, 2.24) is 14.9 Å². The molecule has 0 saturated carbocycles. The molecule has 0 aliphatic carbocycles. The van der Waals surface area contributed by atoms with Crippen LogP contribution in [0.2, 0.25) is 0 Å². The van der Waals surface area contributed by atoms with Crippen molar-refractivity contribution in [2.24, 2.45) is 5.10 Å². The highest BCUT2D eigenvalue weighted by atomic mass is 32.2. The van der Waals surface area contributed by atoms with Crippen LogP contribution in [0.25, 0.3) is 0 Å². The van der Waals surface area contributed by atoms with Crippen molar-refractivity contribution in [2.75, 3.05) is 7.11 Å². The first kappa shape index (κ1) is 22.4. The molecule has 0 spiro atoms. The van der Waals surface area contributed by atoms with E-state index in [0.29, 0.717) is 11.1 Å². The predicted octanol–water partition coefficient (Wildman–Crippen LogP) is 2.88. The predicted molar refractivity (Wildman–Crippen MR) is 118 cm³/mol. The summed E-state index contributed by atoms with van der Waals surface area (Å²) in [6, 6.07) is 9.65. The summed E-state index contributed by atoms with van der Waals surface area (Å²) in [6.45, 7) is 5.03. The topological polar surface area (TPSA) is 116 Å². The van der Waals surface area contributed by atoms with Gasteiger partial charge in [0.25, 0.3) is 5.56 Å². The van der Waals surface area contributed by atoms with Crippen LogP contribution in [0.3, 0.4) is 0 Å². The first-order valence-corrected chi connectivity index (χ1v) is 10.9. The third-order valence-electron chi connectivity index (χ3n) is 4.34. The average molecular weight is 461 g/mol. The molecule has 3 aromatic rings. The first-order valence-electron chi connectivity index (χ1n) is 9.05. The lowest BCUT2D eigenvalue weighted by Crippen LogP contribution is -2.22. The van der Waals surface area contributed by atoms with Crippen LogP contribution in [0.15, 0.2) is 51.2 Å². The van der Waals surface area contributed by atoms with E-state index in [9.17, 15) is 13.2 Å². The Morgan fingerprint density at radius 2 is 1.87 bits per heavy atom. The highest BCUT2D eigenvalue weighted by Crippen LogP contribution is 2.31. The minimum Gasteiger partial charge on any atom is -0.493 e. The number of hydrogen-bond acceptors (Lipinski definition) is 8. The number of rotatable bonds is 6. The van der Waals surface area contributed by atoms with Crippen molar-refractivity contribution in [2.45, 2.75) is 25.7 Å². The summed E-state index contributed by atoms with van der Waals surface area (Å²) in [6.07, 6.45) is 1.38. The molecular weight excluding hydrogens is 440 g/mol. The summed E-state index contributed by atoms with van der Waals surface area (Å²) < 4.78 is 37.2. The second-order valence-electron chi connectivity index (χ2n) is 6.69. The molecule has 0 fully saturated rings. The van der Waals surface area contributed by atoms with E-state index in [1.165, 1.54) is 32.4 Å². The van der Waals surface area contributed by atoms with Crippen molar-refractivity contribution in [3.05, 3.63) is 73.9 Å². The molecule has 0 aliphatic rings. The maximum Gasteiger partial charge on any atom is 0.339 e. The minimum atomic E-state index is -4.07. The van der Waals surface area contributed by atoms with Gasteiger partial charge >= 0.3 is 10.1 Å². The van der Waals surface area contributed by atoms with Crippen molar-refractivity contribution in [1.29, 1.82) is 0 Å². The van der Waals surface area contributed by atoms with Crippen LogP contribution in [-0.2, 0) is 10.1 Å². The molecule has 1 aromatic heterocycles. The zero-order valence-corrected chi connectivity index (χ0v) is 18.9. The summed E-state index contributed by atoms with van der Waals surface area (Å²) in [5.74, 6) is 0.205. The van der Waals surface area contributed by atoms with Crippen molar-refractivity contribution in [3.8, 4) is 11.5 Å². The standard InChI is InChI=1S/C20H20N4O5S2/c1-12-5-6-13(2)18(9-12)31(26,27)29-16-8-7-15(10-17(16)28-4)11-21-24-19(25)14(3)22-23-20(24)30/h5-11H,1-4H3,(H,23,30). The smallest absolute Gasteiger partial charge is 0.339 e. The molecule has 9 nitrogen and oxygen atoms in total. The molecule has 11 heteroatoms. The highest BCUT2D eigenvalue weighted by molar-refractivity contribution is 7.87. The summed E-state index contributed by atoms with van der Waals surface area (Å²) in [7, 11) is -2.68. The molecule has 0 aliphatic heterocycles. The average Bonchev–Trinajstić information content (AvgIpc) is 2.73. The molecule has 3 rings (SSSR count). The lowest BCUT2D eigenvalue weighted by atomic mass is 10.2.